The van der Waals surface area contributed by atoms with Crippen LogP contribution in [-0.4, -0.2) is 44.3 Å². The number of hydrogen-bond acceptors (Lipinski definition) is 6. The molecule has 3 aliphatic rings. The highest BCUT2D eigenvalue weighted by molar-refractivity contribution is 6.25. The van der Waals surface area contributed by atoms with Gasteiger partial charge in [-0.25, -0.2) is 0 Å². The number of hydrazone groups is 1. The fourth-order valence-corrected chi connectivity index (χ4v) is 6.02. The average molecular weight is 514 g/mol. The van der Waals surface area contributed by atoms with Crippen molar-refractivity contribution in [3.05, 3.63) is 71.3 Å². The lowest BCUT2D eigenvalue weighted by atomic mass is 9.82. The van der Waals surface area contributed by atoms with E-state index < -0.39 is 0 Å². The van der Waals surface area contributed by atoms with Crippen molar-refractivity contribution < 1.29 is 19.0 Å². The Morgan fingerprint density at radius 1 is 1.08 bits per heavy atom. The van der Waals surface area contributed by atoms with Crippen LogP contribution in [0.3, 0.4) is 0 Å². The van der Waals surface area contributed by atoms with Gasteiger partial charge in [0.25, 0.3) is 5.91 Å². The Bertz CT molecular complexity index is 1370. The summed E-state index contributed by atoms with van der Waals surface area (Å²) in [5, 5.41) is 6.80. The zero-order valence-corrected chi connectivity index (χ0v) is 22.3. The van der Waals surface area contributed by atoms with E-state index in [0.29, 0.717) is 25.8 Å². The van der Waals surface area contributed by atoms with Crippen LogP contribution in [0, 0.1) is 0 Å². The summed E-state index contributed by atoms with van der Waals surface area (Å²) in [5.41, 5.74) is 6.97. The van der Waals surface area contributed by atoms with Crippen LogP contribution in [0.5, 0.6) is 5.75 Å². The van der Waals surface area contributed by atoms with Crippen LogP contribution >= 0.6 is 0 Å². The fraction of sp³-hybridized carbons (Fsp3) is 0.419. The molecule has 1 aliphatic carbocycles. The molecule has 3 aromatic rings. The van der Waals surface area contributed by atoms with Gasteiger partial charge in [0.05, 0.1) is 32.6 Å². The van der Waals surface area contributed by atoms with Crippen molar-refractivity contribution in [3.63, 3.8) is 0 Å². The molecule has 1 saturated heterocycles. The summed E-state index contributed by atoms with van der Waals surface area (Å²) in [6, 6.07) is 18.5. The third-order valence-corrected chi connectivity index (χ3v) is 8.18. The Hall–Kier alpha value is -3.42. The lowest BCUT2D eigenvalue weighted by Gasteiger charge is -2.35. The molecule has 3 aromatic carbocycles. The van der Waals surface area contributed by atoms with Crippen LogP contribution in [0.2, 0.25) is 0 Å². The van der Waals surface area contributed by atoms with Crippen molar-refractivity contribution >= 4 is 28.6 Å². The van der Waals surface area contributed by atoms with Gasteiger partial charge in [0.2, 0.25) is 0 Å². The molecule has 6 rings (SSSR count). The van der Waals surface area contributed by atoms with Crippen molar-refractivity contribution in [2.75, 3.05) is 25.2 Å². The van der Waals surface area contributed by atoms with Crippen molar-refractivity contribution in [1.82, 2.24) is 5.43 Å². The molecule has 2 aliphatic heterocycles. The Balaban J connectivity index is 1.21. The molecule has 0 aromatic heterocycles. The molecule has 0 radical (unpaired) electrons. The zero-order valence-electron chi connectivity index (χ0n) is 22.3. The first-order valence-corrected chi connectivity index (χ1v) is 13.5. The smallest absolute Gasteiger partial charge is 0.259 e. The van der Waals surface area contributed by atoms with Gasteiger partial charge in [0.15, 0.2) is 5.79 Å². The van der Waals surface area contributed by atoms with Crippen molar-refractivity contribution in [2.45, 2.75) is 63.3 Å². The molecule has 0 atom stereocenters. The van der Waals surface area contributed by atoms with Crippen molar-refractivity contribution in [2.24, 2.45) is 5.10 Å². The van der Waals surface area contributed by atoms with Gasteiger partial charge in [-0.2, -0.15) is 5.10 Å². The summed E-state index contributed by atoms with van der Waals surface area (Å²) in [5.74, 6) is 0.487. The molecule has 0 bridgehead atoms. The molecule has 0 unspecified atom stereocenters. The number of methoxy groups -OCH3 is 1. The number of ether oxygens (including phenoxy) is 3. The van der Waals surface area contributed by atoms with E-state index in [9.17, 15) is 4.79 Å². The first-order chi connectivity index (χ1) is 18.4. The number of carbonyl (C=O) groups excluding carboxylic acids is 1. The van der Waals surface area contributed by atoms with E-state index in [-0.39, 0.29) is 17.1 Å². The Morgan fingerprint density at radius 3 is 2.53 bits per heavy atom. The average Bonchev–Trinajstić information content (AvgIpc) is 3.50. The highest BCUT2D eigenvalue weighted by Crippen LogP contribution is 2.42. The number of hydrogen-bond donors (Lipinski definition) is 1. The fourth-order valence-electron chi connectivity index (χ4n) is 6.02. The Morgan fingerprint density at radius 2 is 1.82 bits per heavy atom. The topological polar surface area (TPSA) is 72.4 Å². The molecule has 38 heavy (non-hydrogen) atoms. The third kappa shape index (κ3) is 4.44. The van der Waals surface area contributed by atoms with Crippen LogP contribution in [0.25, 0.3) is 10.8 Å². The minimum atomic E-state index is -0.357. The zero-order chi connectivity index (χ0) is 26.3. The minimum Gasteiger partial charge on any atom is -0.497 e. The van der Waals surface area contributed by atoms with Gasteiger partial charge < -0.3 is 24.5 Å². The summed E-state index contributed by atoms with van der Waals surface area (Å²) in [6.45, 7) is 6.25. The molecule has 7 nitrogen and oxygen atoms in total. The first-order valence-electron chi connectivity index (χ1n) is 13.5. The SMILES string of the molecule is COc1ccc(CN2C(=O)c3cccc4c(C(C)(C)/C=N\NC5CCC6(CC5)OCCO6)ccc2c34)cc1. The molecule has 2 fully saturated rings. The number of carbonyl (C=O) groups is 1. The van der Waals surface area contributed by atoms with E-state index in [1.165, 1.54) is 0 Å². The van der Waals surface area contributed by atoms with E-state index in [0.717, 1.165) is 64.6 Å². The van der Waals surface area contributed by atoms with Crippen molar-refractivity contribution in [1.29, 1.82) is 0 Å². The van der Waals surface area contributed by atoms with Gasteiger partial charge in [-0.15, -0.1) is 0 Å². The molecule has 1 N–H and O–H groups in total. The molecule has 1 saturated carbocycles. The monoisotopic (exact) mass is 513 g/mol. The largest absolute Gasteiger partial charge is 0.497 e. The lowest BCUT2D eigenvalue weighted by Crippen LogP contribution is -2.40. The van der Waals surface area contributed by atoms with E-state index in [1.807, 2.05) is 47.5 Å². The van der Waals surface area contributed by atoms with Gasteiger partial charge >= 0.3 is 0 Å². The molecular weight excluding hydrogens is 478 g/mol. The van der Waals surface area contributed by atoms with Gasteiger partial charge in [-0.3, -0.25) is 4.79 Å². The summed E-state index contributed by atoms with van der Waals surface area (Å²) in [7, 11) is 1.65. The highest BCUT2D eigenvalue weighted by atomic mass is 16.7. The van der Waals surface area contributed by atoms with Gasteiger partial charge in [-0.05, 0) is 53.6 Å². The van der Waals surface area contributed by atoms with Crippen LogP contribution in [0.1, 0.15) is 61.0 Å². The number of rotatable bonds is 7. The summed E-state index contributed by atoms with van der Waals surface area (Å²) in [6.07, 6.45) is 5.75. The predicted octanol–water partition coefficient (Wildman–Crippen LogP) is 5.55. The quantitative estimate of drug-likeness (QED) is 0.331. The number of anilines is 1. The maximum absolute atomic E-state index is 13.5. The normalized spacial score (nSPS) is 19.2. The molecule has 198 valence electrons. The summed E-state index contributed by atoms with van der Waals surface area (Å²) < 4.78 is 17.0. The minimum absolute atomic E-state index is 0.0389. The summed E-state index contributed by atoms with van der Waals surface area (Å²) >= 11 is 0. The second kappa shape index (κ2) is 9.71. The molecule has 2 heterocycles. The van der Waals surface area contributed by atoms with Crippen LogP contribution in [0.15, 0.2) is 59.7 Å². The highest BCUT2D eigenvalue weighted by Gasteiger charge is 2.40. The Kier molecular flexibility index (Phi) is 6.36. The summed E-state index contributed by atoms with van der Waals surface area (Å²) in [4.78, 5) is 15.3. The van der Waals surface area contributed by atoms with Crippen LogP contribution in [-0.2, 0) is 21.4 Å². The molecular formula is C31H35N3O4. The molecule has 7 heteroatoms. The van der Waals surface area contributed by atoms with E-state index in [4.69, 9.17) is 14.2 Å². The number of nitrogens with zero attached hydrogens (tertiary/aromatic N) is 2. The third-order valence-electron chi connectivity index (χ3n) is 8.18. The maximum Gasteiger partial charge on any atom is 0.259 e. The van der Waals surface area contributed by atoms with Gasteiger partial charge in [0.1, 0.15) is 5.75 Å². The van der Waals surface area contributed by atoms with Gasteiger partial charge in [0, 0.05) is 41.5 Å². The van der Waals surface area contributed by atoms with Crippen LogP contribution < -0.4 is 15.1 Å². The number of nitrogens with one attached hydrogen (secondary N) is 1. The second-order valence-electron chi connectivity index (χ2n) is 11.1. The number of benzene rings is 3. The first kappa shape index (κ1) is 24.9. The van der Waals surface area contributed by atoms with E-state index in [1.54, 1.807) is 7.11 Å². The van der Waals surface area contributed by atoms with E-state index >= 15 is 0 Å². The maximum atomic E-state index is 13.5. The van der Waals surface area contributed by atoms with Crippen molar-refractivity contribution in [3.8, 4) is 5.75 Å². The molecule has 1 spiro atoms. The van der Waals surface area contributed by atoms with E-state index in [2.05, 4.69) is 42.6 Å². The Labute approximate surface area is 223 Å². The predicted molar refractivity (Wildman–Crippen MR) is 149 cm³/mol. The van der Waals surface area contributed by atoms with Crippen LogP contribution in [0.4, 0.5) is 5.69 Å². The second-order valence-corrected chi connectivity index (χ2v) is 11.1. The lowest BCUT2D eigenvalue weighted by molar-refractivity contribution is -0.179. The standard InChI is InChI=1S/C31H35N3O4/c1-30(2,20-32-33-22-13-15-31(16-14-22)37-17-18-38-31)26-11-12-27-28-24(26)5-4-6-25(28)29(35)34(27)19-21-7-9-23(36-3)10-8-21/h4-12,20,22,33H,13-19H2,1-3H3/b32-20-. The van der Waals surface area contributed by atoms with Gasteiger partial charge in [-0.1, -0.05) is 44.2 Å². The molecule has 1 amide bonds. The number of amides is 1.